The van der Waals surface area contributed by atoms with E-state index >= 15 is 0 Å². The topological polar surface area (TPSA) is 39.5 Å². The van der Waals surface area contributed by atoms with Gasteiger partial charge in [-0.15, -0.1) is 0 Å². The lowest BCUT2D eigenvalue weighted by molar-refractivity contribution is -0.0180. The lowest BCUT2D eigenvalue weighted by atomic mass is 9.94. The van der Waals surface area contributed by atoms with E-state index in [0.717, 1.165) is 31.1 Å². The van der Waals surface area contributed by atoms with E-state index in [0.29, 0.717) is 17.9 Å². The largest absolute Gasteiger partial charge is 0.494 e. The highest BCUT2D eigenvalue weighted by Crippen LogP contribution is 2.39. The second-order valence-corrected chi connectivity index (χ2v) is 6.96. The van der Waals surface area contributed by atoms with Crippen LogP contribution in [-0.2, 0) is 11.3 Å². The molecule has 128 valence electrons. The number of rotatable bonds is 5. The van der Waals surface area contributed by atoms with E-state index in [9.17, 15) is 0 Å². The molecule has 2 aliphatic rings. The summed E-state index contributed by atoms with van der Waals surface area (Å²) >= 11 is 0. The Morgan fingerprint density at radius 3 is 2.58 bits per heavy atom. The fourth-order valence-electron chi connectivity index (χ4n) is 4.43. The quantitative estimate of drug-likeness (QED) is 0.846. The van der Waals surface area contributed by atoms with E-state index in [1.54, 1.807) is 7.11 Å². The molecule has 1 saturated heterocycles. The molecule has 5 nitrogen and oxygen atoms in total. The van der Waals surface area contributed by atoms with E-state index in [1.807, 2.05) is 42.3 Å². The second-order valence-electron chi connectivity index (χ2n) is 6.96. The van der Waals surface area contributed by atoms with Crippen molar-refractivity contribution in [1.82, 2.24) is 14.7 Å². The van der Waals surface area contributed by atoms with Crippen molar-refractivity contribution in [3.05, 3.63) is 42.2 Å². The van der Waals surface area contributed by atoms with Crippen LogP contribution in [0.4, 0.5) is 0 Å². The number of fused-ring (bicyclic) bond motifs is 2. The molecule has 1 aromatic carbocycles. The Balaban J connectivity index is 1.47. The number of ether oxygens (including phenoxy) is 2. The van der Waals surface area contributed by atoms with Crippen LogP contribution in [0.1, 0.15) is 18.4 Å². The first-order valence-corrected chi connectivity index (χ1v) is 8.70. The smallest absolute Gasteiger partial charge is 0.144 e. The van der Waals surface area contributed by atoms with E-state index in [4.69, 9.17) is 9.47 Å². The van der Waals surface area contributed by atoms with Gasteiger partial charge in [0, 0.05) is 38.5 Å². The van der Waals surface area contributed by atoms with Gasteiger partial charge >= 0.3 is 0 Å². The van der Waals surface area contributed by atoms with Crippen molar-refractivity contribution in [3.8, 4) is 11.4 Å². The van der Waals surface area contributed by atoms with Crippen molar-refractivity contribution in [2.45, 2.75) is 25.5 Å². The summed E-state index contributed by atoms with van der Waals surface area (Å²) in [6.45, 7) is 3.22. The molecule has 2 unspecified atom stereocenters. The van der Waals surface area contributed by atoms with Gasteiger partial charge in [0.05, 0.1) is 19.4 Å². The Hall–Kier alpha value is -1.85. The normalized spacial score (nSPS) is 26.7. The molecule has 2 heterocycles. The zero-order valence-corrected chi connectivity index (χ0v) is 14.4. The van der Waals surface area contributed by atoms with Gasteiger partial charge < -0.3 is 9.47 Å². The zero-order valence-electron chi connectivity index (χ0n) is 14.4. The van der Waals surface area contributed by atoms with E-state index < -0.39 is 0 Å². The highest BCUT2D eigenvalue weighted by Gasteiger charge is 2.42. The average Bonchev–Trinajstić information content (AvgIpc) is 3.17. The molecule has 5 heteroatoms. The van der Waals surface area contributed by atoms with Crippen LogP contribution in [0.5, 0.6) is 5.75 Å². The third-order valence-electron chi connectivity index (χ3n) is 5.47. The maximum Gasteiger partial charge on any atom is 0.144 e. The summed E-state index contributed by atoms with van der Waals surface area (Å²) in [5.74, 6) is 2.22. The molecule has 1 aliphatic heterocycles. The molecule has 0 N–H and O–H groups in total. The van der Waals surface area contributed by atoms with Crippen molar-refractivity contribution in [2.24, 2.45) is 11.8 Å². The maximum atomic E-state index is 5.71. The van der Waals surface area contributed by atoms with Gasteiger partial charge in [-0.1, -0.05) is 12.1 Å². The average molecular weight is 327 g/mol. The highest BCUT2D eigenvalue weighted by molar-refractivity contribution is 5.46. The molecular formula is C19H25N3O2. The third-order valence-corrected chi connectivity index (χ3v) is 5.47. The Kier molecular flexibility index (Phi) is 4.29. The SMILES string of the molecule is COc1ccccc1-n1cc(CN2CC3CCC(C2)C3OC)cn1. The number of aromatic nitrogens is 2. The summed E-state index contributed by atoms with van der Waals surface area (Å²) in [7, 11) is 3.56. The van der Waals surface area contributed by atoms with Gasteiger partial charge in [-0.25, -0.2) is 4.68 Å². The van der Waals surface area contributed by atoms with Crippen molar-refractivity contribution in [1.29, 1.82) is 0 Å². The van der Waals surface area contributed by atoms with Crippen molar-refractivity contribution in [2.75, 3.05) is 27.3 Å². The van der Waals surface area contributed by atoms with Crippen molar-refractivity contribution in [3.63, 3.8) is 0 Å². The van der Waals surface area contributed by atoms with Crippen LogP contribution in [0.25, 0.3) is 5.69 Å². The minimum atomic E-state index is 0.470. The molecule has 0 amide bonds. The predicted octanol–water partition coefficient (Wildman–Crippen LogP) is 2.74. The first-order chi connectivity index (χ1) is 11.8. The van der Waals surface area contributed by atoms with Crippen LogP contribution < -0.4 is 4.74 Å². The Labute approximate surface area is 143 Å². The standard InChI is InChI=1S/C19H25N3O2/c1-23-18-6-4-3-5-17(18)22-11-14(9-20-22)10-21-12-15-7-8-16(13-21)19(15)24-2/h3-6,9,11,15-16,19H,7-8,10,12-13H2,1-2H3. The number of methoxy groups -OCH3 is 2. The van der Waals surface area contributed by atoms with E-state index in [1.165, 1.54) is 18.4 Å². The number of hydrogen-bond donors (Lipinski definition) is 0. The number of hydrogen-bond acceptors (Lipinski definition) is 4. The van der Waals surface area contributed by atoms with Gasteiger partial charge in [0.2, 0.25) is 0 Å². The Bertz CT molecular complexity index is 685. The molecular weight excluding hydrogens is 302 g/mol. The molecule has 2 atom stereocenters. The van der Waals surface area contributed by atoms with Crippen molar-refractivity contribution < 1.29 is 9.47 Å². The molecule has 4 rings (SSSR count). The van der Waals surface area contributed by atoms with Crippen LogP contribution in [0, 0.1) is 11.8 Å². The van der Waals surface area contributed by atoms with Crippen LogP contribution in [0.2, 0.25) is 0 Å². The van der Waals surface area contributed by atoms with Gasteiger partial charge in [-0.2, -0.15) is 5.10 Å². The summed E-state index contributed by atoms with van der Waals surface area (Å²) in [6.07, 6.45) is 7.16. The van der Waals surface area contributed by atoms with Gasteiger partial charge in [0.25, 0.3) is 0 Å². The van der Waals surface area contributed by atoms with Gasteiger partial charge in [0.15, 0.2) is 0 Å². The summed E-state index contributed by atoms with van der Waals surface area (Å²) in [5, 5.41) is 4.53. The van der Waals surface area contributed by atoms with Crippen LogP contribution >= 0.6 is 0 Å². The third kappa shape index (κ3) is 2.82. The van der Waals surface area contributed by atoms with Gasteiger partial charge in [-0.05, 0) is 36.8 Å². The van der Waals surface area contributed by atoms with Crippen LogP contribution in [0.3, 0.4) is 0 Å². The molecule has 0 radical (unpaired) electrons. The Morgan fingerprint density at radius 1 is 1.12 bits per heavy atom. The molecule has 1 saturated carbocycles. The summed E-state index contributed by atoms with van der Waals surface area (Å²) < 4.78 is 13.0. The number of likely N-dealkylation sites (tertiary alicyclic amines) is 1. The molecule has 24 heavy (non-hydrogen) atoms. The monoisotopic (exact) mass is 327 g/mol. The lowest BCUT2D eigenvalue weighted by Crippen LogP contribution is -2.44. The summed E-state index contributed by atoms with van der Waals surface area (Å²) in [4.78, 5) is 2.56. The van der Waals surface area contributed by atoms with Crippen molar-refractivity contribution >= 4 is 0 Å². The predicted molar refractivity (Wildman–Crippen MR) is 92.4 cm³/mol. The second kappa shape index (κ2) is 6.57. The molecule has 2 bridgehead atoms. The number of para-hydroxylation sites is 2. The van der Waals surface area contributed by atoms with Crippen LogP contribution in [-0.4, -0.2) is 48.1 Å². The number of piperidine rings is 1. The number of nitrogens with zero attached hydrogens (tertiary/aromatic N) is 3. The molecule has 1 aromatic heterocycles. The first kappa shape index (κ1) is 15.7. The highest BCUT2D eigenvalue weighted by atomic mass is 16.5. The maximum absolute atomic E-state index is 5.71. The minimum Gasteiger partial charge on any atom is -0.494 e. The van der Waals surface area contributed by atoms with Crippen LogP contribution in [0.15, 0.2) is 36.7 Å². The van der Waals surface area contributed by atoms with Gasteiger partial charge in [-0.3, -0.25) is 4.90 Å². The van der Waals surface area contributed by atoms with E-state index in [2.05, 4.69) is 16.2 Å². The minimum absolute atomic E-state index is 0.470. The van der Waals surface area contributed by atoms with E-state index in [-0.39, 0.29) is 0 Å². The fourth-order valence-corrected chi connectivity index (χ4v) is 4.43. The Morgan fingerprint density at radius 2 is 1.88 bits per heavy atom. The molecule has 2 fully saturated rings. The fraction of sp³-hybridized carbons (Fsp3) is 0.526. The lowest BCUT2D eigenvalue weighted by Gasteiger charge is -2.37. The summed E-state index contributed by atoms with van der Waals surface area (Å²) in [5.41, 5.74) is 2.22. The first-order valence-electron chi connectivity index (χ1n) is 8.70. The summed E-state index contributed by atoms with van der Waals surface area (Å²) in [6, 6.07) is 7.97. The zero-order chi connectivity index (χ0) is 16.5. The molecule has 0 spiro atoms. The van der Waals surface area contributed by atoms with Gasteiger partial charge in [0.1, 0.15) is 11.4 Å². The number of benzene rings is 1. The molecule has 1 aliphatic carbocycles. The molecule has 2 aromatic rings.